The van der Waals surface area contributed by atoms with Gasteiger partial charge in [-0.05, 0) is 83.5 Å². The van der Waals surface area contributed by atoms with Crippen LogP contribution in [0.5, 0.6) is 0 Å². The molecule has 3 aliphatic heterocycles. The highest BCUT2D eigenvalue weighted by Crippen LogP contribution is 2.42. The molecule has 0 radical (unpaired) electrons. The number of rotatable bonds is 10. The van der Waals surface area contributed by atoms with E-state index in [0.29, 0.717) is 49.4 Å². The summed E-state index contributed by atoms with van der Waals surface area (Å²) in [5.74, 6) is -1.92. The molecule has 0 spiro atoms. The van der Waals surface area contributed by atoms with Gasteiger partial charge in [-0.3, -0.25) is 19.6 Å². The fraction of sp³-hybridized carbons (Fsp3) is 0.583. The number of benzene rings is 1. The number of ether oxygens (including phenoxy) is 2. The van der Waals surface area contributed by atoms with Crippen LogP contribution in [-0.2, 0) is 43.2 Å². The van der Waals surface area contributed by atoms with Crippen LogP contribution in [0.4, 0.5) is 4.79 Å². The first kappa shape index (κ1) is 48.0. The second-order valence-corrected chi connectivity index (χ2v) is 20.4. The highest BCUT2D eigenvalue weighted by atomic mass is 32.1. The third kappa shape index (κ3) is 9.66. The Morgan fingerprint density at radius 2 is 1.86 bits per heavy atom. The number of aliphatic hydroxyl groups is 1. The molecule has 65 heavy (non-hydrogen) atoms. The topological polar surface area (TPSA) is 175 Å². The molecule has 352 valence electrons. The van der Waals surface area contributed by atoms with Gasteiger partial charge in [0.15, 0.2) is 0 Å². The van der Waals surface area contributed by atoms with E-state index in [1.54, 1.807) is 25.3 Å². The van der Waals surface area contributed by atoms with Crippen molar-refractivity contribution in [3.8, 4) is 22.5 Å². The minimum Gasteiger partial charge on any atom is -0.462 e. The van der Waals surface area contributed by atoms with Crippen molar-refractivity contribution in [2.24, 2.45) is 17.3 Å². The van der Waals surface area contributed by atoms with Gasteiger partial charge in [0.05, 0.1) is 34.8 Å². The Hall–Kier alpha value is -4.94. The molecule has 2 saturated heterocycles. The SMILES string of the molecule is CCn1c(-c2cccnc2[C@H](C)OC)c2c3cc(ccc31)-c1csc(n1)C[C@H](NC(=O)[C@H](C(C)C)N(C)C(=O)N1CC([C@H](C)N(C)C)C1)C(=O)N1CCC[C@@](O)(N1)C(=O)OCC(C)(C)C2. The molecule has 3 aliphatic rings. The summed E-state index contributed by atoms with van der Waals surface area (Å²) in [6.45, 7) is 16.0. The number of cyclic esters (lactones) is 1. The third-order valence-corrected chi connectivity index (χ3v) is 14.4. The number of pyridine rings is 1. The van der Waals surface area contributed by atoms with Crippen LogP contribution in [0.25, 0.3) is 33.4 Å². The Morgan fingerprint density at radius 1 is 1.12 bits per heavy atom. The van der Waals surface area contributed by atoms with E-state index < -0.39 is 41.0 Å². The summed E-state index contributed by atoms with van der Waals surface area (Å²) in [7, 11) is 7.34. The number of aromatic nitrogens is 3. The van der Waals surface area contributed by atoms with Gasteiger partial charge in [0.25, 0.3) is 5.91 Å². The van der Waals surface area contributed by atoms with E-state index >= 15 is 0 Å². The quantitative estimate of drug-likeness (QED) is 0.172. The smallest absolute Gasteiger partial charge is 0.355 e. The molecule has 16 nitrogen and oxygen atoms in total. The summed E-state index contributed by atoms with van der Waals surface area (Å²) >= 11 is 1.38. The molecule has 5 atom stereocenters. The number of fused-ring (bicyclic) bond motifs is 6. The minimum absolute atomic E-state index is 0.00823. The summed E-state index contributed by atoms with van der Waals surface area (Å²) < 4.78 is 14.1. The van der Waals surface area contributed by atoms with Gasteiger partial charge in [-0.1, -0.05) is 33.8 Å². The predicted octanol–water partition coefficient (Wildman–Crippen LogP) is 5.48. The number of hydrogen-bond acceptors (Lipinski definition) is 12. The fourth-order valence-corrected chi connectivity index (χ4v) is 10.4. The van der Waals surface area contributed by atoms with E-state index in [0.717, 1.165) is 44.7 Å². The molecular formula is C48H67N9O7S. The number of carbonyl (C=O) groups excluding carboxylic acids is 4. The molecule has 7 rings (SSSR count). The number of hydrazine groups is 1. The van der Waals surface area contributed by atoms with E-state index in [-0.39, 0.29) is 44.0 Å². The molecule has 0 unspecified atom stereocenters. The maximum atomic E-state index is 14.6. The predicted molar refractivity (Wildman–Crippen MR) is 250 cm³/mol. The molecule has 0 saturated carbocycles. The van der Waals surface area contributed by atoms with Gasteiger partial charge in [-0.25, -0.2) is 14.6 Å². The van der Waals surface area contributed by atoms with Gasteiger partial charge < -0.3 is 39.2 Å². The van der Waals surface area contributed by atoms with Gasteiger partial charge in [-0.2, -0.15) is 5.43 Å². The Balaban J connectivity index is 1.27. The van der Waals surface area contributed by atoms with Crippen LogP contribution in [-0.4, -0.2) is 142 Å². The number of likely N-dealkylation sites (tertiary alicyclic amines) is 1. The maximum absolute atomic E-state index is 14.6. The van der Waals surface area contributed by atoms with Crippen LogP contribution < -0.4 is 10.7 Å². The molecule has 4 amide bonds. The lowest BCUT2D eigenvalue weighted by Gasteiger charge is -2.46. The molecule has 4 aromatic rings. The number of esters is 1. The van der Waals surface area contributed by atoms with E-state index in [9.17, 15) is 24.3 Å². The zero-order valence-electron chi connectivity index (χ0n) is 39.8. The number of amides is 4. The number of nitrogens with zero attached hydrogens (tertiary/aromatic N) is 7. The monoisotopic (exact) mass is 913 g/mol. The molecule has 0 aliphatic carbocycles. The lowest BCUT2D eigenvalue weighted by atomic mass is 9.84. The van der Waals surface area contributed by atoms with Crippen molar-refractivity contribution < 1.29 is 33.8 Å². The molecular weight excluding hydrogens is 847 g/mol. The highest BCUT2D eigenvalue weighted by Gasteiger charge is 2.46. The van der Waals surface area contributed by atoms with Gasteiger partial charge >= 0.3 is 12.0 Å². The minimum atomic E-state index is -2.20. The summed E-state index contributed by atoms with van der Waals surface area (Å²) in [5.41, 5.74) is 6.39. The highest BCUT2D eigenvalue weighted by molar-refractivity contribution is 7.10. The third-order valence-electron chi connectivity index (χ3n) is 13.5. The Bertz CT molecular complexity index is 2410. The zero-order valence-corrected chi connectivity index (χ0v) is 40.6. The van der Waals surface area contributed by atoms with Crippen LogP contribution in [0.1, 0.15) is 83.7 Å². The lowest BCUT2D eigenvalue weighted by Crippen LogP contribution is -2.67. The molecule has 2 fully saturated rings. The number of hydrogen-bond donors (Lipinski definition) is 3. The van der Waals surface area contributed by atoms with Crippen molar-refractivity contribution in [3.05, 3.63) is 58.2 Å². The first-order valence-electron chi connectivity index (χ1n) is 22.8. The normalized spacial score (nSPS) is 22.0. The average molecular weight is 914 g/mol. The number of likely N-dealkylation sites (N-methyl/N-ethyl adjacent to an activating group) is 1. The molecule has 6 bridgehead atoms. The summed E-state index contributed by atoms with van der Waals surface area (Å²) in [6, 6.07) is 8.29. The largest absolute Gasteiger partial charge is 0.462 e. The standard InChI is InChI=1S/C48H67N9O7S/c1-12-56-38-17-16-31-21-34(38)35(42(56)33-15-13-19-49-40(33)30(5)63-11)23-47(6,7)27-64-45(60)48(62)18-14-20-57(52-48)44(59)36(22-39-50-37(31)26-65-39)51-43(58)41(28(2)3)54(10)46(61)55-24-32(25-55)29(4)53(8)9/h13,15-17,19,21,26,28-30,32,36,41,52,62H,12,14,18,20,22-25,27H2,1-11H3,(H,51,58)/t29-,30-,36-,41-,48-/m0/s1. The van der Waals surface area contributed by atoms with E-state index in [2.05, 4.69) is 58.3 Å². The van der Waals surface area contributed by atoms with Gasteiger partial charge in [0, 0.05) is 104 Å². The van der Waals surface area contributed by atoms with E-state index in [1.165, 1.54) is 21.2 Å². The zero-order chi connectivity index (χ0) is 47.1. The van der Waals surface area contributed by atoms with Crippen molar-refractivity contribution in [2.75, 3.05) is 54.5 Å². The second-order valence-electron chi connectivity index (χ2n) is 19.4. The molecule has 6 heterocycles. The van der Waals surface area contributed by atoms with Crippen LogP contribution in [0.2, 0.25) is 0 Å². The van der Waals surface area contributed by atoms with Crippen molar-refractivity contribution in [2.45, 2.75) is 111 Å². The molecule has 3 N–H and O–H groups in total. The van der Waals surface area contributed by atoms with Crippen molar-refractivity contribution >= 4 is 46.1 Å². The maximum Gasteiger partial charge on any atom is 0.355 e. The molecule has 17 heteroatoms. The van der Waals surface area contributed by atoms with Crippen molar-refractivity contribution in [3.63, 3.8) is 0 Å². The van der Waals surface area contributed by atoms with Crippen molar-refractivity contribution in [1.29, 1.82) is 0 Å². The second kappa shape index (κ2) is 19.1. The first-order valence-corrected chi connectivity index (χ1v) is 23.7. The van der Waals surface area contributed by atoms with Gasteiger partial charge in [-0.15, -0.1) is 11.3 Å². The van der Waals surface area contributed by atoms with Crippen molar-refractivity contribution in [1.82, 2.24) is 45.0 Å². The van der Waals surface area contributed by atoms with Crippen LogP contribution in [0.3, 0.4) is 0 Å². The fourth-order valence-electron chi connectivity index (χ4n) is 9.52. The number of aryl methyl sites for hydroxylation is 1. The summed E-state index contributed by atoms with van der Waals surface area (Å²) in [5, 5.41) is 19.6. The summed E-state index contributed by atoms with van der Waals surface area (Å²) in [6.07, 6.45) is 2.32. The molecule has 1 aromatic carbocycles. The Labute approximate surface area is 386 Å². The Morgan fingerprint density at radius 3 is 2.54 bits per heavy atom. The lowest BCUT2D eigenvalue weighted by molar-refractivity contribution is -0.189. The molecule has 3 aromatic heterocycles. The van der Waals surface area contributed by atoms with Crippen LogP contribution in [0, 0.1) is 17.3 Å². The van der Waals surface area contributed by atoms with E-state index in [1.807, 2.05) is 60.2 Å². The number of methoxy groups -OCH3 is 1. The van der Waals surface area contributed by atoms with Crippen LogP contribution in [0.15, 0.2) is 41.9 Å². The number of urea groups is 1. The number of carbonyl (C=O) groups is 4. The van der Waals surface area contributed by atoms with E-state index in [4.69, 9.17) is 19.4 Å². The van der Waals surface area contributed by atoms with Crippen LogP contribution >= 0.6 is 11.3 Å². The van der Waals surface area contributed by atoms with Gasteiger partial charge in [0.1, 0.15) is 12.1 Å². The number of thiazole rings is 1. The first-order chi connectivity index (χ1) is 30.8. The Kier molecular flexibility index (Phi) is 14.1. The average Bonchev–Trinajstić information content (AvgIpc) is 3.85. The number of nitrogens with one attached hydrogen (secondary N) is 2. The van der Waals surface area contributed by atoms with Gasteiger partial charge in [0.2, 0.25) is 11.6 Å². The summed E-state index contributed by atoms with van der Waals surface area (Å²) in [4.78, 5) is 72.0.